The van der Waals surface area contributed by atoms with Crippen LogP contribution in [0.3, 0.4) is 0 Å². The average Bonchev–Trinajstić information content (AvgIpc) is 2.32. The topological polar surface area (TPSA) is 43.7 Å². The molecule has 2 N–H and O–H groups in total. The molecule has 0 bridgehead atoms. The molecule has 92 valence electrons. The van der Waals surface area contributed by atoms with E-state index >= 15 is 0 Å². The van der Waals surface area contributed by atoms with Gasteiger partial charge >= 0.3 is 7.12 Å². The van der Waals surface area contributed by atoms with Crippen molar-refractivity contribution in [3.05, 3.63) is 29.6 Å². The molecule has 1 fully saturated rings. The molecule has 0 amide bonds. The smallest absolute Gasteiger partial charge is 0.423 e. The van der Waals surface area contributed by atoms with Gasteiger partial charge in [0.05, 0.1) is 0 Å². The van der Waals surface area contributed by atoms with Crippen LogP contribution in [0.5, 0.6) is 0 Å². The van der Waals surface area contributed by atoms with Gasteiger partial charge in [-0.25, -0.2) is 4.39 Å². The summed E-state index contributed by atoms with van der Waals surface area (Å²) in [6, 6.07) is 4.18. The van der Waals surface area contributed by atoms with Crippen molar-refractivity contribution in [2.45, 2.75) is 6.54 Å². The Morgan fingerprint density at radius 3 is 2.65 bits per heavy atom. The van der Waals surface area contributed by atoms with E-state index in [1.807, 2.05) is 11.8 Å². The molecule has 0 aliphatic carbocycles. The molecule has 0 saturated carbocycles. The van der Waals surface area contributed by atoms with Gasteiger partial charge in [-0.05, 0) is 23.2 Å². The van der Waals surface area contributed by atoms with E-state index < -0.39 is 12.9 Å². The first-order valence-electron chi connectivity index (χ1n) is 5.61. The van der Waals surface area contributed by atoms with Crippen LogP contribution < -0.4 is 5.46 Å². The van der Waals surface area contributed by atoms with E-state index in [-0.39, 0.29) is 5.46 Å². The largest absolute Gasteiger partial charge is 0.488 e. The van der Waals surface area contributed by atoms with Gasteiger partial charge in [-0.1, -0.05) is 6.07 Å². The standard InChI is InChI=1S/C11H15BFNO2S/c13-10-2-1-9(11(7-10)12(15)16)8-14-3-5-17-6-4-14/h1-2,7,15-16H,3-6,8H2. The Kier molecular flexibility index (Phi) is 4.45. The molecule has 0 atom stereocenters. The summed E-state index contributed by atoms with van der Waals surface area (Å²) in [7, 11) is -1.61. The van der Waals surface area contributed by atoms with Crippen LogP contribution in [0.1, 0.15) is 5.56 Å². The lowest BCUT2D eigenvalue weighted by molar-refractivity contribution is 0.294. The summed E-state index contributed by atoms with van der Waals surface area (Å²) in [5.74, 6) is 1.75. The molecule has 1 aromatic carbocycles. The Labute approximate surface area is 105 Å². The van der Waals surface area contributed by atoms with Gasteiger partial charge in [-0.15, -0.1) is 0 Å². The highest BCUT2D eigenvalue weighted by molar-refractivity contribution is 7.99. The van der Waals surface area contributed by atoms with Crippen LogP contribution in [-0.2, 0) is 6.54 Å². The predicted octanol–water partition coefficient (Wildman–Crippen LogP) is 0.0543. The maximum atomic E-state index is 13.0. The summed E-state index contributed by atoms with van der Waals surface area (Å²) in [6.45, 7) is 2.62. The van der Waals surface area contributed by atoms with Crippen molar-refractivity contribution < 1.29 is 14.4 Å². The monoisotopic (exact) mass is 255 g/mol. The van der Waals surface area contributed by atoms with Crippen molar-refractivity contribution in [3.8, 4) is 0 Å². The van der Waals surface area contributed by atoms with Crippen LogP contribution in [0.2, 0.25) is 0 Å². The highest BCUT2D eigenvalue weighted by Gasteiger charge is 2.19. The third kappa shape index (κ3) is 3.45. The van der Waals surface area contributed by atoms with Crippen molar-refractivity contribution in [1.82, 2.24) is 4.90 Å². The Bertz CT molecular complexity index is 386. The zero-order valence-electron chi connectivity index (χ0n) is 9.47. The molecule has 1 heterocycles. The lowest BCUT2D eigenvalue weighted by Gasteiger charge is -2.27. The van der Waals surface area contributed by atoms with Gasteiger partial charge in [-0.2, -0.15) is 11.8 Å². The zero-order chi connectivity index (χ0) is 12.3. The molecular formula is C11H15BFNO2S. The first kappa shape index (κ1) is 12.9. The van der Waals surface area contributed by atoms with Crippen molar-refractivity contribution in [3.63, 3.8) is 0 Å². The van der Waals surface area contributed by atoms with Crippen molar-refractivity contribution in [1.29, 1.82) is 0 Å². The molecule has 1 aromatic rings. The number of nitrogens with zero attached hydrogens (tertiary/aromatic N) is 1. The molecule has 1 saturated heterocycles. The van der Waals surface area contributed by atoms with Gasteiger partial charge in [-0.3, -0.25) is 4.90 Å². The predicted molar refractivity (Wildman–Crippen MR) is 68.8 cm³/mol. The van der Waals surface area contributed by atoms with Gasteiger partial charge < -0.3 is 10.0 Å². The lowest BCUT2D eigenvalue weighted by atomic mass is 9.77. The van der Waals surface area contributed by atoms with E-state index in [9.17, 15) is 14.4 Å². The number of halogens is 1. The quantitative estimate of drug-likeness (QED) is 0.749. The fourth-order valence-corrected chi connectivity index (χ4v) is 2.93. The van der Waals surface area contributed by atoms with E-state index in [1.165, 1.54) is 12.1 Å². The number of hydrogen-bond donors (Lipinski definition) is 2. The Balaban J connectivity index is 2.13. The third-order valence-corrected chi connectivity index (χ3v) is 3.83. The molecule has 0 unspecified atom stereocenters. The molecule has 3 nitrogen and oxygen atoms in total. The van der Waals surface area contributed by atoms with Gasteiger partial charge in [0.25, 0.3) is 0 Å². The summed E-state index contributed by atoms with van der Waals surface area (Å²) in [6.07, 6.45) is 0. The van der Waals surface area contributed by atoms with E-state index in [0.29, 0.717) is 6.54 Å². The van der Waals surface area contributed by atoms with Crippen molar-refractivity contribution in [2.75, 3.05) is 24.6 Å². The van der Waals surface area contributed by atoms with E-state index in [4.69, 9.17) is 0 Å². The number of thioether (sulfide) groups is 1. The van der Waals surface area contributed by atoms with Crippen LogP contribution >= 0.6 is 11.8 Å². The molecule has 0 aromatic heterocycles. The average molecular weight is 255 g/mol. The normalized spacial score (nSPS) is 17.1. The molecule has 1 aliphatic rings. The Morgan fingerprint density at radius 1 is 1.29 bits per heavy atom. The second-order valence-electron chi connectivity index (χ2n) is 4.11. The van der Waals surface area contributed by atoms with Crippen LogP contribution in [0.15, 0.2) is 18.2 Å². The molecule has 17 heavy (non-hydrogen) atoms. The minimum atomic E-state index is -1.61. The van der Waals surface area contributed by atoms with Crippen LogP contribution in [-0.4, -0.2) is 46.7 Å². The number of rotatable bonds is 3. The van der Waals surface area contributed by atoms with Gasteiger partial charge in [0.15, 0.2) is 0 Å². The molecule has 0 radical (unpaired) electrons. The molecule has 6 heteroatoms. The maximum Gasteiger partial charge on any atom is 0.488 e. The van der Waals surface area contributed by atoms with E-state index in [0.717, 1.165) is 30.2 Å². The molecule has 2 rings (SSSR count). The van der Waals surface area contributed by atoms with Gasteiger partial charge in [0, 0.05) is 31.1 Å². The highest BCUT2D eigenvalue weighted by atomic mass is 32.2. The van der Waals surface area contributed by atoms with Gasteiger partial charge in [0.2, 0.25) is 0 Å². The Morgan fingerprint density at radius 2 is 2.00 bits per heavy atom. The van der Waals surface area contributed by atoms with Crippen LogP contribution in [0, 0.1) is 5.82 Å². The molecule has 1 aliphatic heterocycles. The first-order chi connectivity index (χ1) is 8.16. The minimum Gasteiger partial charge on any atom is -0.423 e. The van der Waals surface area contributed by atoms with E-state index in [2.05, 4.69) is 4.90 Å². The summed E-state index contributed by atoms with van der Waals surface area (Å²) in [4.78, 5) is 2.25. The highest BCUT2D eigenvalue weighted by Crippen LogP contribution is 2.12. The summed E-state index contributed by atoms with van der Waals surface area (Å²) in [5, 5.41) is 18.4. The Hall–Kier alpha value is -0.555. The second kappa shape index (κ2) is 5.86. The fraction of sp³-hybridized carbons (Fsp3) is 0.455. The fourth-order valence-electron chi connectivity index (χ4n) is 1.95. The second-order valence-corrected chi connectivity index (χ2v) is 5.33. The minimum absolute atomic E-state index is 0.267. The summed E-state index contributed by atoms with van der Waals surface area (Å²) < 4.78 is 13.0. The van der Waals surface area contributed by atoms with Crippen LogP contribution in [0.25, 0.3) is 0 Å². The van der Waals surface area contributed by atoms with E-state index in [1.54, 1.807) is 6.07 Å². The lowest BCUT2D eigenvalue weighted by Crippen LogP contribution is -2.38. The maximum absolute atomic E-state index is 13.0. The summed E-state index contributed by atoms with van der Waals surface area (Å²) >= 11 is 1.92. The van der Waals surface area contributed by atoms with Crippen molar-refractivity contribution in [2.24, 2.45) is 0 Å². The van der Waals surface area contributed by atoms with Crippen molar-refractivity contribution >= 4 is 24.3 Å². The first-order valence-corrected chi connectivity index (χ1v) is 6.77. The SMILES string of the molecule is OB(O)c1cc(F)ccc1CN1CCSCC1. The number of benzene rings is 1. The summed E-state index contributed by atoms with van der Waals surface area (Å²) in [5.41, 5.74) is 1.05. The molecule has 0 spiro atoms. The molecular weight excluding hydrogens is 240 g/mol. The van der Waals surface area contributed by atoms with Crippen LogP contribution in [0.4, 0.5) is 4.39 Å². The number of hydrogen-bond acceptors (Lipinski definition) is 4. The third-order valence-electron chi connectivity index (χ3n) is 2.88. The van der Waals surface area contributed by atoms with Gasteiger partial charge in [0.1, 0.15) is 5.82 Å². The zero-order valence-corrected chi connectivity index (χ0v) is 10.3.